The highest BCUT2D eigenvalue weighted by Gasteiger charge is 2.20. The topological polar surface area (TPSA) is 58.2 Å². The van der Waals surface area contributed by atoms with Gasteiger partial charge in [0.05, 0.1) is 3.79 Å². The molecule has 0 aliphatic heterocycles. The fourth-order valence-corrected chi connectivity index (χ4v) is 5.43. The van der Waals surface area contributed by atoms with Gasteiger partial charge in [-0.05, 0) is 28.3 Å². The minimum Gasteiger partial charge on any atom is -0.310 e. The standard InChI is InChI=1S/C11H19BrN2O2S3/c1-8(2)13-7-9-6-10(11(12)18-9)19(15,16)14-4-5-17-3/h6,8,13-14H,4-5,7H2,1-3H3. The number of sulfonamides is 1. The van der Waals surface area contributed by atoms with E-state index in [1.165, 1.54) is 11.3 Å². The first-order chi connectivity index (χ1) is 8.86. The molecule has 2 N–H and O–H groups in total. The Labute approximate surface area is 131 Å². The van der Waals surface area contributed by atoms with E-state index in [2.05, 4.69) is 39.8 Å². The molecule has 1 aromatic heterocycles. The molecule has 19 heavy (non-hydrogen) atoms. The molecule has 0 fully saturated rings. The molecule has 0 unspecified atom stereocenters. The van der Waals surface area contributed by atoms with Gasteiger partial charge in [-0.1, -0.05) is 13.8 Å². The average Bonchev–Trinajstić information content (AvgIpc) is 2.69. The summed E-state index contributed by atoms with van der Waals surface area (Å²) >= 11 is 6.40. The smallest absolute Gasteiger partial charge is 0.242 e. The van der Waals surface area contributed by atoms with Crippen LogP contribution in [0.25, 0.3) is 0 Å². The Balaban J connectivity index is 2.77. The van der Waals surface area contributed by atoms with Crippen molar-refractivity contribution in [3.63, 3.8) is 0 Å². The molecule has 0 aliphatic rings. The molecule has 110 valence electrons. The van der Waals surface area contributed by atoms with E-state index < -0.39 is 10.0 Å². The van der Waals surface area contributed by atoms with Crippen molar-refractivity contribution in [3.05, 3.63) is 14.7 Å². The van der Waals surface area contributed by atoms with Crippen LogP contribution >= 0.6 is 39.0 Å². The van der Waals surface area contributed by atoms with Crippen LogP contribution in [-0.4, -0.2) is 33.0 Å². The molecule has 0 saturated carbocycles. The number of thioether (sulfide) groups is 1. The highest BCUT2D eigenvalue weighted by Crippen LogP contribution is 2.31. The van der Waals surface area contributed by atoms with E-state index in [0.29, 0.717) is 27.8 Å². The van der Waals surface area contributed by atoms with Crippen LogP contribution < -0.4 is 10.0 Å². The van der Waals surface area contributed by atoms with E-state index in [-0.39, 0.29) is 0 Å². The molecule has 8 heteroatoms. The van der Waals surface area contributed by atoms with Crippen LogP contribution in [-0.2, 0) is 16.6 Å². The van der Waals surface area contributed by atoms with E-state index in [9.17, 15) is 8.42 Å². The van der Waals surface area contributed by atoms with Crippen LogP contribution in [0, 0.1) is 0 Å². The van der Waals surface area contributed by atoms with Gasteiger partial charge in [-0.2, -0.15) is 11.8 Å². The molecule has 1 rings (SSSR count). The zero-order chi connectivity index (χ0) is 14.5. The Bertz CT molecular complexity index is 500. The second-order valence-corrected chi connectivity index (χ2v) is 9.45. The van der Waals surface area contributed by atoms with Gasteiger partial charge < -0.3 is 5.32 Å². The maximum absolute atomic E-state index is 12.1. The van der Waals surface area contributed by atoms with E-state index in [4.69, 9.17) is 0 Å². The summed E-state index contributed by atoms with van der Waals surface area (Å²) < 4.78 is 27.5. The van der Waals surface area contributed by atoms with E-state index >= 15 is 0 Å². The Morgan fingerprint density at radius 1 is 1.47 bits per heavy atom. The lowest BCUT2D eigenvalue weighted by atomic mass is 10.4. The quantitative estimate of drug-likeness (QED) is 0.674. The van der Waals surface area contributed by atoms with Gasteiger partial charge in [0.15, 0.2) is 0 Å². The van der Waals surface area contributed by atoms with E-state index in [1.807, 2.05) is 6.26 Å². The third kappa shape index (κ3) is 5.73. The van der Waals surface area contributed by atoms with Crippen LogP contribution in [0.2, 0.25) is 0 Å². The summed E-state index contributed by atoms with van der Waals surface area (Å²) in [6.45, 7) is 5.25. The molecule has 0 atom stereocenters. The second kappa shape index (κ2) is 7.99. The summed E-state index contributed by atoms with van der Waals surface area (Å²) in [7, 11) is -3.41. The monoisotopic (exact) mass is 386 g/mol. The first-order valence-corrected chi connectivity index (χ1v) is 10.4. The number of halogens is 1. The third-order valence-electron chi connectivity index (χ3n) is 2.28. The molecule has 0 spiro atoms. The molecule has 0 saturated heterocycles. The highest BCUT2D eigenvalue weighted by atomic mass is 79.9. The van der Waals surface area contributed by atoms with Crippen molar-refractivity contribution in [1.29, 1.82) is 0 Å². The molecule has 1 aromatic rings. The minimum absolute atomic E-state index is 0.333. The summed E-state index contributed by atoms with van der Waals surface area (Å²) in [6, 6.07) is 2.10. The molecule has 0 bridgehead atoms. The lowest BCUT2D eigenvalue weighted by molar-refractivity contribution is 0.583. The summed E-state index contributed by atoms with van der Waals surface area (Å²) in [6.07, 6.45) is 1.95. The Hall–Kier alpha value is 0.400. The van der Waals surface area contributed by atoms with Crippen LogP contribution in [0.1, 0.15) is 18.7 Å². The minimum atomic E-state index is -3.41. The Kier molecular flexibility index (Phi) is 7.34. The van der Waals surface area contributed by atoms with Gasteiger partial charge in [0, 0.05) is 29.8 Å². The maximum atomic E-state index is 12.1. The molecule has 0 amide bonds. The van der Waals surface area contributed by atoms with Crippen LogP contribution in [0.4, 0.5) is 0 Å². The van der Waals surface area contributed by atoms with Gasteiger partial charge in [-0.3, -0.25) is 0 Å². The summed E-state index contributed by atoms with van der Waals surface area (Å²) in [5, 5.41) is 3.28. The van der Waals surface area contributed by atoms with Crippen molar-refractivity contribution >= 4 is 49.1 Å². The van der Waals surface area contributed by atoms with Crippen molar-refractivity contribution in [3.8, 4) is 0 Å². The van der Waals surface area contributed by atoms with E-state index in [0.717, 1.165) is 10.6 Å². The van der Waals surface area contributed by atoms with Crippen molar-refractivity contribution < 1.29 is 8.42 Å². The van der Waals surface area contributed by atoms with Crippen LogP contribution in [0.5, 0.6) is 0 Å². The fraction of sp³-hybridized carbons (Fsp3) is 0.636. The fourth-order valence-electron chi connectivity index (χ4n) is 1.33. The summed E-state index contributed by atoms with van der Waals surface area (Å²) in [5.74, 6) is 0.767. The first-order valence-electron chi connectivity index (χ1n) is 5.87. The number of rotatable bonds is 8. The molecule has 0 aliphatic carbocycles. The number of hydrogen-bond acceptors (Lipinski definition) is 5. The molecule has 4 nitrogen and oxygen atoms in total. The van der Waals surface area contributed by atoms with Gasteiger partial charge in [0.1, 0.15) is 4.90 Å². The van der Waals surface area contributed by atoms with Crippen molar-refractivity contribution in [1.82, 2.24) is 10.0 Å². The SMILES string of the molecule is CSCCNS(=O)(=O)c1cc(CNC(C)C)sc1Br. The first kappa shape index (κ1) is 17.5. The average molecular weight is 387 g/mol. The van der Waals surface area contributed by atoms with Gasteiger partial charge in [-0.25, -0.2) is 13.1 Å². The maximum Gasteiger partial charge on any atom is 0.242 e. The summed E-state index contributed by atoms with van der Waals surface area (Å²) in [4.78, 5) is 1.34. The Morgan fingerprint density at radius 3 is 2.74 bits per heavy atom. The third-order valence-corrected chi connectivity index (χ3v) is 6.60. The molecular weight excluding hydrogens is 368 g/mol. The van der Waals surface area contributed by atoms with Crippen molar-refractivity contribution in [2.24, 2.45) is 0 Å². The zero-order valence-corrected chi connectivity index (χ0v) is 15.2. The highest BCUT2D eigenvalue weighted by molar-refractivity contribution is 9.11. The van der Waals surface area contributed by atoms with Crippen molar-refractivity contribution in [2.45, 2.75) is 31.3 Å². The largest absolute Gasteiger partial charge is 0.310 e. The number of thiophene rings is 1. The zero-order valence-electron chi connectivity index (χ0n) is 11.2. The van der Waals surface area contributed by atoms with Crippen molar-refractivity contribution in [2.75, 3.05) is 18.6 Å². The van der Waals surface area contributed by atoms with Gasteiger partial charge in [-0.15, -0.1) is 11.3 Å². The van der Waals surface area contributed by atoms with Gasteiger partial charge in [0.2, 0.25) is 10.0 Å². The normalized spacial score (nSPS) is 12.3. The molecule has 0 radical (unpaired) electrons. The number of hydrogen-bond donors (Lipinski definition) is 2. The van der Waals surface area contributed by atoms with Gasteiger partial charge in [0.25, 0.3) is 0 Å². The van der Waals surface area contributed by atoms with E-state index in [1.54, 1.807) is 17.8 Å². The lowest BCUT2D eigenvalue weighted by Crippen LogP contribution is -2.26. The van der Waals surface area contributed by atoms with Crippen LogP contribution in [0.15, 0.2) is 14.7 Å². The lowest BCUT2D eigenvalue weighted by Gasteiger charge is -2.05. The molecular formula is C11H19BrN2O2S3. The van der Waals surface area contributed by atoms with Gasteiger partial charge >= 0.3 is 0 Å². The predicted octanol–water partition coefficient (Wildman–Crippen LogP) is 2.65. The number of nitrogens with one attached hydrogen (secondary N) is 2. The predicted molar refractivity (Wildman–Crippen MR) is 87.6 cm³/mol. The summed E-state index contributed by atoms with van der Waals surface area (Å²) in [5.41, 5.74) is 0. The second-order valence-electron chi connectivity index (χ2n) is 4.28. The molecule has 1 heterocycles. The Morgan fingerprint density at radius 2 is 2.16 bits per heavy atom. The van der Waals surface area contributed by atoms with Crippen LogP contribution in [0.3, 0.4) is 0 Å². The molecule has 0 aromatic carbocycles.